The Morgan fingerprint density at radius 2 is 1.74 bits per heavy atom. The Balaban J connectivity index is 1.76. The van der Waals surface area contributed by atoms with Crippen LogP contribution < -0.4 is 16.4 Å². The summed E-state index contributed by atoms with van der Waals surface area (Å²) in [7, 11) is 0. The van der Waals surface area contributed by atoms with Crippen molar-refractivity contribution >= 4 is 34.5 Å². The molecule has 0 unspecified atom stereocenters. The van der Waals surface area contributed by atoms with Gasteiger partial charge in [-0.3, -0.25) is 4.79 Å². The Hall–Kier alpha value is -3.94. The van der Waals surface area contributed by atoms with Gasteiger partial charge in [0.15, 0.2) is 0 Å². The fourth-order valence-electron chi connectivity index (χ4n) is 3.78. The zero-order valence-electron chi connectivity index (χ0n) is 19.1. The summed E-state index contributed by atoms with van der Waals surface area (Å²) in [6.45, 7) is 3.55. The van der Waals surface area contributed by atoms with Crippen LogP contribution in [-0.2, 0) is 15.1 Å². The minimum absolute atomic E-state index is 0.0877. The van der Waals surface area contributed by atoms with E-state index in [1.807, 2.05) is 68.4 Å². The standard InChI is InChI=1S/C27H27N3O4/c1-27(2,28)19-9-11-20(12-10-19)29-24(17-6-4-3-5-7-17)23-21-13-8-18(26(33)34-15-14-31)16-22(21)30-25(23)32/h3-13,16,29,31H,14-15,28H2,1-2H3,(H,30,32)/b24-23-. The SMILES string of the molecule is CC(C)(N)c1ccc(N/C(=C2\C(=O)Nc3cc(C(=O)OCCO)ccc32)c2ccccc2)cc1. The molecular weight excluding hydrogens is 430 g/mol. The van der Waals surface area contributed by atoms with Crippen LogP contribution in [0.4, 0.5) is 11.4 Å². The van der Waals surface area contributed by atoms with Crippen LogP contribution in [0.2, 0.25) is 0 Å². The normalized spacial score (nSPS) is 14.3. The highest BCUT2D eigenvalue weighted by Crippen LogP contribution is 2.38. The second-order valence-corrected chi connectivity index (χ2v) is 8.61. The van der Waals surface area contributed by atoms with Gasteiger partial charge in [0.05, 0.1) is 29.1 Å². The lowest BCUT2D eigenvalue weighted by atomic mass is 9.95. The number of amides is 1. The van der Waals surface area contributed by atoms with Crippen LogP contribution in [0, 0.1) is 0 Å². The third-order valence-corrected chi connectivity index (χ3v) is 5.54. The molecule has 34 heavy (non-hydrogen) atoms. The molecule has 0 atom stereocenters. The van der Waals surface area contributed by atoms with Gasteiger partial charge in [-0.1, -0.05) is 48.5 Å². The molecule has 3 aromatic carbocycles. The third kappa shape index (κ3) is 4.85. The number of nitrogens with two attached hydrogens (primary N) is 1. The van der Waals surface area contributed by atoms with Crippen molar-refractivity contribution in [1.82, 2.24) is 0 Å². The van der Waals surface area contributed by atoms with Gasteiger partial charge in [0.25, 0.3) is 5.91 Å². The molecule has 5 N–H and O–H groups in total. The van der Waals surface area contributed by atoms with Gasteiger partial charge in [-0.2, -0.15) is 0 Å². The summed E-state index contributed by atoms with van der Waals surface area (Å²) in [6.07, 6.45) is 0. The van der Waals surface area contributed by atoms with Crippen molar-refractivity contribution in [3.05, 3.63) is 95.1 Å². The van der Waals surface area contributed by atoms with Crippen molar-refractivity contribution in [2.45, 2.75) is 19.4 Å². The summed E-state index contributed by atoms with van der Waals surface area (Å²) in [5.74, 6) is -0.838. The molecule has 0 saturated carbocycles. The first-order valence-electron chi connectivity index (χ1n) is 11.0. The van der Waals surface area contributed by atoms with Gasteiger partial charge in [-0.25, -0.2) is 4.79 Å². The summed E-state index contributed by atoms with van der Waals surface area (Å²) in [5.41, 5.74) is 11.0. The lowest BCUT2D eigenvalue weighted by Crippen LogP contribution is -2.28. The summed E-state index contributed by atoms with van der Waals surface area (Å²) < 4.78 is 4.99. The highest BCUT2D eigenvalue weighted by molar-refractivity contribution is 6.37. The molecule has 1 aliphatic rings. The van der Waals surface area contributed by atoms with Crippen molar-refractivity contribution in [3.63, 3.8) is 0 Å². The van der Waals surface area contributed by atoms with Gasteiger partial charge in [-0.15, -0.1) is 0 Å². The number of hydrogen-bond donors (Lipinski definition) is 4. The molecule has 3 aromatic rings. The quantitative estimate of drug-likeness (QED) is 0.315. The molecule has 7 nitrogen and oxygen atoms in total. The molecule has 0 radical (unpaired) electrons. The first kappa shape index (κ1) is 23.2. The fourth-order valence-corrected chi connectivity index (χ4v) is 3.78. The number of anilines is 2. The smallest absolute Gasteiger partial charge is 0.338 e. The number of fused-ring (bicyclic) bond motifs is 1. The summed E-state index contributed by atoms with van der Waals surface area (Å²) in [5, 5.41) is 15.1. The second kappa shape index (κ2) is 9.51. The summed E-state index contributed by atoms with van der Waals surface area (Å²) in [6, 6.07) is 22.3. The van der Waals surface area contributed by atoms with E-state index in [-0.39, 0.29) is 19.1 Å². The van der Waals surface area contributed by atoms with Crippen LogP contribution in [-0.4, -0.2) is 30.2 Å². The van der Waals surface area contributed by atoms with Crippen LogP contribution in [0.5, 0.6) is 0 Å². The molecule has 1 aliphatic heterocycles. The van der Waals surface area contributed by atoms with E-state index in [4.69, 9.17) is 15.6 Å². The number of rotatable bonds is 7. The van der Waals surface area contributed by atoms with Gasteiger partial charge >= 0.3 is 5.97 Å². The summed E-state index contributed by atoms with van der Waals surface area (Å²) >= 11 is 0. The first-order valence-corrected chi connectivity index (χ1v) is 11.0. The molecule has 1 amide bonds. The molecule has 0 aliphatic carbocycles. The minimum Gasteiger partial charge on any atom is -0.460 e. The molecule has 0 aromatic heterocycles. The van der Waals surface area contributed by atoms with E-state index in [9.17, 15) is 9.59 Å². The maximum atomic E-state index is 13.1. The van der Waals surface area contributed by atoms with E-state index < -0.39 is 11.5 Å². The Kier molecular flexibility index (Phi) is 6.49. The van der Waals surface area contributed by atoms with E-state index in [1.165, 1.54) is 0 Å². The van der Waals surface area contributed by atoms with E-state index in [2.05, 4.69) is 10.6 Å². The van der Waals surface area contributed by atoms with Gasteiger partial charge < -0.3 is 26.2 Å². The van der Waals surface area contributed by atoms with Crippen LogP contribution in [0.25, 0.3) is 11.3 Å². The Morgan fingerprint density at radius 3 is 2.38 bits per heavy atom. The number of ether oxygens (including phenoxy) is 1. The van der Waals surface area contributed by atoms with Crippen LogP contribution >= 0.6 is 0 Å². The highest BCUT2D eigenvalue weighted by atomic mass is 16.5. The van der Waals surface area contributed by atoms with Gasteiger partial charge in [0, 0.05) is 16.8 Å². The second-order valence-electron chi connectivity index (χ2n) is 8.61. The zero-order valence-corrected chi connectivity index (χ0v) is 19.1. The van der Waals surface area contributed by atoms with Crippen LogP contribution in [0.15, 0.2) is 72.8 Å². The van der Waals surface area contributed by atoms with E-state index >= 15 is 0 Å². The number of carbonyl (C=O) groups is 2. The predicted molar refractivity (Wildman–Crippen MR) is 133 cm³/mol. The summed E-state index contributed by atoms with van der Waals surface area (Å²) in [4.78, 5) is 25.3. The Labute approximate surface area is 198 Å². The van der Waals surface area contributed by atoms with Crippen molar-refractivity contribution in [1.29, 1.82) is 0 Å². The average molecular weight is 458 g/mol. The average Bonchev–Trinajstić information content (AvgIpc) is 3.16. The Bertz CT molecular complexity index is 1240. The molecule has 0 saturated heterocycles. The monoisotopic (exact) mass is 457 g/mol. The number of aliphatic hydroxyl groups is 1. The number of benzene rings is 3. The zero-order chi connectivity index (χ0) is 24.3. The molecule has 0 fully saturated rings. The molecule has 1 heterocycles. The highest BCUT2D eigenvalue weighted by Gasteiger charge is 2.29. The number of aliphatic hydroxyl groups excluding tert-OH is 1. The molecule has 7 heteroatoms. The number of esters is 1. The maximum Gasteiger partial charge on any atom is 0.338 e. The lowest BCUT2D eigenvalue weighted by Gasteiger charge is -2.20. The van der Waals surface area contributed by atoms with Gasteiger partial charge in [0.2, 0.25) is 0 Å². The van der Waals surface area contributed by atoms with Crippen LogP contribution in [0.1, 0.15) is 40.9 Å². The molecular formula is C27H27N3O4. The lowest BCUT2D eigenvalue weighted by molar-refractivity contribution is -0.110. The third-order valence-electron chi connectivity index (χ3n) is 5.54. The van der Waals surface area contributed by atoms with E-state index in [0.29, 0.717) is 28.1 Å². The minimum atomic E-state index is -0.562. The van der Waals surface area contributed by atoms with Crippen molar-refractivity contribution in [2.75, 3.05) is 23.8 Å². The van der Waals surface area contributed by atoms with Crippen molar-refractivity contribution in [3.8, 4) is 0 Å². The van der Waals surface area contributed by atoms with Crippen LogP contribution in [0.3, 0.4) is 0 Å². The number of nitrogens with one attached hydrogen (secondary N) is 2. The first-order chi connectivity index (χ1) is 16.3. The molecule has 4 rings (SSSR count). The van der Waals surface area contributed by atoms with E-state index in [1.54, 1.807) is 18.2 Å². The largest absolute Gasteiger partial charge is 0.460 e. The molecule has 174 valence electrons. The van der Waals surface area contributed by atoms with Gasteiger partial charge in [0.1, 0.15) is 6.61 Å². The number of hydrogen-bond acceptors (Lipinski definition) is 6. The van der Waals surface area contributed by atoms with Crippen molar-refractivity contribution in [2.24, 2.45) is 5.73 Å². The van der Waals surface area contributed by atoms with Crippen molar-refractivity contribution < 1.29 is 19.4 Å². The molecule has 0 bridgehead atoms. The Morgan fingerprint density at radius 1 is 1.03 bits per heavy atom. The predicted octanol–water partition coefficient (Wildman–Crippen LogP) is 3.96. The van der Waals surface area contributed by atoms with Gasteiger partial charge in [-0.05, 0) is 49.2 Å². The molecule has 0 spiro atoms. The topological polar surface area (TPSA) is 114 Å². The maximum absolute atomic E-state index is 13.1. The number of carbonyl (C=O) groups excluding carboxylic acids is 2. The van der Waals surface area contributed by atoms with E-state index in [0.717, 1.165) is 16.8 Å². The fraction of sp³-hybridized carbons (Fsp3) is 0.185.